The molecule has 1 aliphatic heterocycles. The molecule has 3 rings (SSSR count). The smallest absolute Gasteiger partial charge is 0.360 e. The van der Waals surface area contributed by atoms with Crippen LogP contribution >= 0.6 is 0 Å². The molecule has 0 aromatic heterocycles. The first-order valence-electron chi connectivity index (χ1n) is 9.09. The molecule has 1 heterocycles. The van der Waals surface area contributed by atoms with E-state index in [0.717, 1.165) is 36.2 Å². The molecule has 2 aromatic carbocycles. The topological polar surface area (TPSA) is 56.1 Å². The zero-order valence-corrected chi connectivity index (χ0v) is 15.2. The quantitative estimate of drug-likeness (QED) is 0.793. The molecule has 1 saturated heterocycles. The molecule has 0 aliphatic carbocycles. The van der Waals surface area contributed by atoms with Gasteiger partial charge < -0.3 is 10.2 Å². The van der Waals surface area contributed by atoms with Gasteiger partial charge in [0.1, 0.15) is 12.6 Å². The fourth-order valence-electron chi connectivity index (χ4n) is 3.47. The molecule has 28 heavy (non-hydrogen) atoms. The van der Waals surface area contributed by atoms with Crippen molar-refractivity contribution < 1.29 is 18.0 Å². The Kier molecular flexibility index (Phi) is 5.88. The van der Waals surface area contributed by atoms with E-state index in [1.165, 1.54) is 12.1 Å². The second-order valence-corrected chi connectivity index (χ2v) is 6.71. The standard InChI is InChI=1S/C21H20F3N3O/c22-21(23,24)17-9-7-15(8-10-17)16-4-3-5-18(14-16)27-13-2-1-6-19(27)20(28)26-12-11-25/h3-5,7-10,14,19H,1-2,6,12-13H2,(H,26,28). The third-order valence-electron chi connectivity index (χ3n) is 4.87. The molecule has 2 aromatic rings. The molecule has 1 N–H and O–H groups in total. The van der Waals surface area contributed by atoms with Crippen LogP contribution in [0.2, 0.25) is 0 Å². The summed E-state index contributed by atoms with van der Waals surface area (Å²) in [6, 6.07) is 14.0. The van der Waals surface area contributed by atoms with Gasteiger partial charge in [-0.25, -0.2) is 0 Å². The Balaban J connectivity index is 1.85. The van der Waals surface area contributed by atoms with Crippen LogP contribution in [-0.2, 0) is 11.0 Å². The predicted molar refractivity (Wildman–Crippen MR) is 100 cm³/mol. The van der Waals surface area contributed by atoms with E-state index in [2.05, 4.69) is 5.32 Å². The molecule has 1 aliphatic rings. The highest BCUT2D eigenvalue weighted by molar-refractivity contribution is 5.86. The zero-order chi connectivity index (χ0) is 20.1. The van der Waals surface area contributed by atoms with Gasteiger partial charge in [-0.3, -0.25) is 4.79 Å². The van der Waals surface area contributed by atoms with Crippen molar-refractivity contribution in [2.45, 2.75) is 31.5 Å². The third kappa shape index (κ3) is 4.45. The fraction of sp³-hybridized carbons (Fsp3) is 0.333. The lowest BCUT2D eigenvalue weighted by Gasteiger charge is -2.36. The van der Waals surface area contributed by atoms with Crippen molar-refractivity contribution in [1.29, 1.82) is 5.26 Å². The summed E-state index contributed by atoms with van der Waals surface area (Å²) in [5.41, 5.74) is 1.62. The Morgan fingerprint density at radius 3 is 2.57 bits per heavy atom. The van der Waals surface area contributed by atoms with Gasteiger partial charge in [0.05, 0.1) is 11.6 Å². The molecular weight excluding hydrogens is 367 g/mol. The van der Waals surface area contributed by atoms with Crippen LogP contribution < -0.4 is 10.2 Å². The van der Waals surface area contributed by atoms with Crippen molar-refractivity contribution in [3.63, 3.8) is 0 Å². The van der Waals surface area contributed by atoms with Crippen molar-refractivity contribution in [2.24, 2.45) is 0 Å². The number of alkyl halides is 3. The number of halogens is 3. The summed E-state index contributed by atoms with van der Waals surface area (Å²) < 4.78 is 38.3. The first-order valence-corrected chi connectivity index (χ1v) is 9.09. The monoisotopic (exact) mass is 387 g/mol. The number of benzene rings is 2. The van der Waals surface area contributed by atoms with Gasteiger partial charge in [0.25, 0.3) is 0 Å². The second-order valence-electron chi connectivity index (χ2n) is 6.71. The maximum Gasteiger partial charge on any atom is 0.416 e. The molecule has 1 fully saturated rings. The van der Waals surface area contributed by atoms with E-state index < -0.39 is 11.7 Å². The molecule has 4 nitrogen and oxygen atoms in total. The van der Waals surface area contributed by atoms with Crippen LogP contribution in [0.25, 0.3) is 11.1 Å². The predicted octanol–water partition coefficient (Wildman–Crippen LogP) is 4.37. The van der Waals surface area contributed by atoms with Gasteiger partial charge in [0, 0.05) is 12.2 Å². The normalized spacial score (nSPS) is 17.1. The molecule has 0 bridgehead atoms. The minimum Gasteiger partial charge on any atom is -0.360 e. The van der Waals surface area contributed by atoms with E-state index in [0.29, 0.717) is 18.5 Å². The number of nitriles is 1. The number of carbonyl (C=O) groups is 1. The summed E-state index contributed by atoms with van der Waals surface area (Å²) >= 11 is 0. The van der Waals surface area contributed by atoms with Gasteiger partial charge in [0.2, 0.25) is 5.91 Å². The molecule has 1 atom stereocenters. The largest absolute Gasteiger partial charge is 0.416 e. The number of piperidine rings is 1. The van der Waals surface area contributed by atoms with Crippen molar-refractivity contribution in [3.05, 3.63) is 54.1 Å². The lowest BCUT2D eigenvalue weighted by molar-refractivity contribution is -0.137. The summed E-state index contributed by atoms with van der Waals surface area (Å²) in [6.07, 6.45) is -1.79. The number of nitrogens with one attached hydrogen (secondary N) is 1. The van der Waals surface area contributed by atoms with Crippen LogP contribution in [0.1, 0.15) is 24.8 Å². The lowest BCUT2D eigenvalue weighted by atomic mass is 9.98. The van der Waals surface area contributed by atoms with E-state index in [1.807, 2.05) is 35.2 Å². The highest BCUT2D eigenvalue weighted by Crippen LogP contribution is 2.33. The lowest BCUT2D eigenvalue weighted by Crippen LogP contribution is -2.49. The van der Waals surface area contributed by atoms with Crippen LogP contribution in [0.3, 0.4) is 0 Å². The zero-order valence-electron chi connectivity index (χ0n) is 15.2. The van der Waals surface area contributed by atoms with Gasteiger partial charge in [-0.1, -0.05) is 24.3 Å². The second kappa shape index (κ2) is 8.34. The highest BCUT2D eigenvalue weighted by atomic mass is 19.4. The van der Waals surface area contributed by atoms with Crippen molar-refractivity contribution in [1.82, 2.24) is 5.32 Å². The summed E-state index contributed by atoms with van der Waals surface area (Å²) in [6.45, 7) is 0.676. The Labute approximate surface area is 161 Å². The summed E-state index contributed by atoms with van der Waals surface area (Å²) in [4.78, 5) is 14.4. The Hall–Kier alpha value is -3.01. The average Bonchev–Trinajstić information content (AvgIpc) is 2.71. The minimum atomic E-state index is -4.36. The van der Waals surface area contributed by atoms with Gasteiger partial charge in [0.15, 0.2) is 0 Å². The van der Waals surface area contributed by atoms with E-state index in [4.69, 9.17) is 5.26 Å². The fourth-order valence-corrected chi connectivity index (χ4v) is 3.47. The molecule has 1 unspecified atom stereocenters. The number of anilines is 1. The molecular formula is C21H20F3N3O. The SMILES string of the molecule is N#CCNC(=O)C1CCCCN1c1cccc(-c2ccc(C(F)(F)F)cc2)c1. The summed E-state index contributed by atoms with van der Waals surface area (Å²) in [5.74, 6) is -0.179. The third-order valence-corrected chi connectivity index (χ3v) is 4.87. The van der Waals surface area contributed by atoms with E-state index >= 15 is 0 Å². The molecule has 1 amide bonds. The number of hydrogen-bond acceptors (Lipinski definition) is 3. The van der Waals surface area contributed by atoms with Crippen LogP contribution in [-0.4, -0.2) is 25.0 Å². The van der Waals surface area contributed by atoms with Crippen LogP contribution in [0.4, 0.5) is 18.9 Å². The van der Waals surface area contributed by atoms with E-state index in [1.54, 1.807) is 0 Å². The van der Waals surface area contributed by atoms with Crippen molar-refractivity contribution >= 4 is 11.6 Å². The molecule has 0 radical (unpaired) electrons. The van der Waals surface area contributed by atoms with E-state index in [9.17, 15) is 18.0 Å². The van der Waals surface area contributed by atoms with Crippen molar-refractivity contribution in [2.75, 3.05) is 18.0 Å². The molecule has 0 saturated carbocycles. The Bertz CT molecular complexity index is 872. The number of nitrogens with zero attached hydrogens (tertiary/aromatic N) is 2. The van der Waals surface area contributed by atoms with Crippen LogP contribution in [0.5, 0.6) is 0 Å². The van der Waals surface area contributed by atoms with Gasteiger partial charge >= 0.3 is 6.18 Å². The highest BCUT2D eigenvalue weighted by Gasteiger charge is 2.30. The Morgan fingerprint density at radius 2 is 1.89 bits per heavy atom. The van der Waals surface area contributed by atoms with Crippen LogP contribution in [0, 0.1) is 11.3 Å². The number of hydrogen-bond donors (Lipinski definition) is 1. The van der Waals surface area contributed by atoms with Gasteiger partial charge in [-0.2, -0.15) is 18.4 Å². The number of carbonyl (C=O) groups excluding carboxylic acids is 1. The average molecular weight is 387 g/mol. The minimum absolute atomic E-state index is 0.0330. The van der Waals surface area contributed by atoms with Crippen LogP contribution in [0.15, 0.2) is 48.5 Å². The maximum atomic E-state index is 12.8. The maximum absolute atomic E-state index is 12.8. The summed E-state index contributed by atoms with van der Waals surface area (Å²) in [5, 5.41) is 11.3. The first kappa shape index (κ1) is 19.7. The van der Waals surface area contributed by atoms with E-state index in [-0.39, 0.29) is 18.5 Å². The Morgan fingerprint density at radius 1 is 1.14 bits per heavy atom. The number of rotatable bonds is 4. The van der Waals surface area contributed by atoms with Gasteiger partial charge in [-0.15, -0.1) is 0 Å². The molecule has 7 heteroatoms. The molecule has 0 spiro atoms. The number of amides is 1. The van der Waals surface area contributed by atoms with Crippen molar-refractivity contribution in [3.8, 4) is 17.2 Å². The first-order chi connectivity index (χ1) is 13.4. The molecule has 146 valence electrons. The summed E-state index contributed by atoms with van der Waals surface area (Å²) in [7, 11) is 0. The van der Waals surface area contributed by atoms with Gasteiger partial charge in [-0.05, 0) is 54.7 Å².